The number of carbonyl (C=O) groups is 2. The summed E-state index contributed by atoms with van der Waals surface area (Å²) in [6.45, 7) is 3.35. The molecule has 0 spiro atoms. The highest BCUT2D eigenvalue weighted by Crippen LogP contribution is 2.27. The van der Waals surface area contributed by atoms with Gasteiger partial charge in [-0.1, -0.05) is 23.4 Å². The van der Waals surface area contributed by atoms with Gasteiger partial charge >= 0.3 is 5.97 Å². The van der Waals surface area contributed by atoms with Crippen LogP contribution < -0.4 is 10.1 Å². The van der Waals surface area contributed by atoms with Crippen molar-refractivity contribution in [1.82, 2.24) is 5.16 Å². The molecule has 0 aliphatic heterocycles. The van der Waals surface area contributed by atoms with Crippen molar-refractivity contribution in [1.29, 1.82) is 0 Å². The van der Waals surface area contributed by atoms with Crippen molar-refractivity contribution in [3.8, 4) is 5.75 Å². The van der Waals surface area contributed by atoms with Gasteiger partial charge in [-0.15, -0.1) is 11.8 Å². The highest BCUT2D eigenvalue weighted by molar-refractivity contribution is 7.98. The van der Waals surface area contributed by atoms with Crippen molar-refractivity contribution >= 4 is 29.3 Å². The van der Waals surface area contributed by atoms with Gasteiger partial charge in [-0.3, -0.25) is 4.79 Å². The van der Waals surface area contributed by atoms with Gasteiger partial charge in [0.05, 0.1) is 29.8 Å². The minimum Gasteiger partial charge on any atom is -0.495 e. The molecule has 0 unspecified atom stereocenters. The second-order valence-corrected chi connectivity index (χ2v) is 7.56. The van der Waals surface area contributed by atoms with E-state index in [4.69, 9.17) is 14.0 Å². The van der Waals surface area contributed by atoms with Crippen molar-refractivity contribution < 1.29 is 23.6 Å². The first kappa shape index (κ1) is 21.4. The molecule has 8 heteroatoms. The average molecular weight is 426 g/mol. The number of nitrogens with one attached hydrogen (secondary N) is 1. The number of aromatic nitrogens is 1. The lowest BCUT2D eigenvalue weighted by Gasteiger charge is -2.12. The Balaban J connectivity index is 1.59. The van der Waals surface area contributed by atoms with Crippen LogP contribution in [0, 0.1) is 13.8 Å². The Hall–Kier alpha value is -3.26. The second kappa shape index (κ2) is 9.98. The highest BCUT2D eigenvalue weighted by atomic mass is 32.2. The summed E-state index contributed by atoms with van der Waals surface area (Å²) >= 11 is 1.43. The van der Waals surface area contributed by atoms with E-state index in [-0.39, 0.29) is 0 Å². The summed E-state index contributed by atoms with van der Waals surface area (Å²) < 4.78 is 15.7. The van der Waals surface area contributed by atoms with Gasteiger partial charge in [-0.05, 0) is 43.7 Å². The molecule has 0 atom stereocenters. The molecular weight excluding hydrogens is 404 g/mol. The summed E-state index contributed by atoms with van der Waals surface area (Å²) in [5, 5.41) is 6.56. The molecule has 30 heavy (non-hydrogen) atoms. The molecule has 3 rings (SSSR count). The fourth-order valence-corrected chi connectivity index (χ4v) is 3.62. The summed E-state index contributed by atoms with van der Waals surface area (Å²) in [5.41, 5.74) is 2.68. The van der Waals surface area contributed by atoms with Gasteiger partial charge in [-0.25, -0.2) is 4.79 Å². The van der Waals surface area contributed by atoms with Gasteiger partial charge in [-0.2, -0.15) is 0 Å². The largest absolute Gasteiger partial charge is 0.495 e. The number of ether oxygens (including phenoxy) is 2. The number of hydrogen-bond donors (Lipinski definition) is 1. The molecule has 2 aromatic carbocycles. The molecular formula is C22H22N2O5S. The predicted octanol–water partition coefficient (Wildman–Crippen LogP) is 4.39. The summed E-state index contributed by atoms with van der Waals surface area (Å²) in [7, 11) is 1.52. The molecule has 3 aromatic rings. The third-order valence-electron chi connectivity index (χ3n) is 4.12. The number of amides is 1. The SMILES string of the molecule is COc1ccc(C)cc1NC(=O)COC(=O)c1ccccc1SCc1cc(C)no1. The first-order chi connectivity index (χ1) is 14.5. The van der Waals surface area contributed by atoms with Gasteiger partial charge < -0.3 is 19.3 Å². The van der Waals surface area contributed by atoms with Crippen LogP contribution in [0.1, 0.15) is 27.4 Å². The summed E-state index contributed by atoms with van der Waals surface area (Å²) in [6.07, 6.45) is 0. The van der Waals surface area contributed by atoms with Crippen LogP contribution in [0.3, 0.4) is 0 Å². The van der Waals surface area contributed by atoms with Gasteiger partial charge in [0.25, 0.3) is 5.91 Å². The average Bonchev–Trinajstić information content (AvgIpc) is 3.16. The minimum atomic E-state index is -0.571. The number of methoxy groups -OCH3 is 1. The van der Waals surface area contributed by atoms with E-state index in [1.807, 2.05) is 38.1 Å². The lowest BCUT2D eigenvalue weighted by molar-refractivity contribution is -0.119. The van der Waals surface area contributed by atoms with E-state index < -0.39 is 18.5 Å². The van der Waals surface area contributed by atoms with E-state index in [1.165, 1.54) is 18.9 Å². The first-order valence-corrected chi connectivity index (χ1v) is 10.2. The lowest BCUT2D eigenvalue weighted by atomic mass is 10.2. The molecule has 1 heterocycles. The summed E-state index contributed by atoms with van der Waals surface area (Å²) in [4.78, 5) is 25.5. The number of esters is 1. The monoisotopic (exact) mass is 426 g/mol. The van der Waals surface area contributed by atoms with Crippen molar-refractivity contribution in [3.05, 3.63) is 71.1 Å². The number of thioether (sulfide) groups is 1. The zero-order chi connectivity index (χ0) is 21.5. The third kappa shape index (κ3) is 5.64. The molecule has 1 amide bonds. The number of carbonyl (C=O) groups excluding carboxylic acids is 2. The maximum Gasteiger partial charge on any atom is 0.339 e. The molecule has 0 bridgehead atoms. The normalized spacial score (nSPS) is 10.5. The third-order valence-corrected chi connectivity index (χ3v) is 5.21. The van der Waals surface area contributed by atoms with Crippen molar-refractivity contribution in [2.24, 2.45) is 0 Å². The number of rotatable bonds is 8. The highest BCUT2D eigenvalue weighted by Gasteiger charge is 2.16. The fourth-order valence-electron chi connectivity index (χ4n) is 2.71. The minimum absolute atomic E-state index is 0.389. The topological polar surface area (TPSA) is 90.7 Å². The molecule has 1 aromatic heterocycles. The zero-order valence-electron chi connectivity index (χ0n) is 16.9. The van der Waals surface area contributed by atoms with Crippen molar-refractivity contribution in [2.45, 2.75) is 24.5 Å². The van der Waals surface area contributed by atoms with Crippen molar-refractivity contribution in [3.63, 3.8) is 0 Å². The van der Waals surface area contributed by atoms with E-state index in [2.05, 4.69) is 10.5 Å². The molecule has 7 nitrogen and oxygen atoms in total. The van der Waals surface area contributed by atoms with E-state index in [0.29, 0.717) is 28.5 Å². The summed E-state index contributed by atoms with van der Waals surface area (Å²) in [6, 6.07) is 14.3. The molecule has 0 radical (unpaired) electrons. The smallest absolute Gasteiger partial charge is 0.339 e. The van der Waals surface area contributed by atoms with Gasteiger partial charge in [0.15, 0.2) is 6.61 Å². The molecule has 1 N–H and O–H groups in total. The van der Waals surface area contributed by atoms with Crippen LogP contribution in [0.4, 0.5) is 5.69 Å². The van der Waals surface area contributed by atoms with Crippen LogP contribution in [-0.2, 0) is 15.3 Å². The van der Waals surface area contributed by atoms with E-state index in [0.717, 1.165) is 16.2 Å². The quantitative estimate of drug-likeness (QED) is 0.422. The van der Waals surface area contributed by atoms with E-state index in [9.17, 15) is 9.59 Å². The molecule has 156 valence electrons. The number of aryl methyl sites for hydroxylation is 2. The van der Waals surface area contributed by atoms with Crippen molar-refractivity contribution in [2.75, 3.05) is 19.0 Å². The maximum absolute atomic E-state index is 12.5. The first-order valence-electron chi connectivity index (χ1n) is 9.22. The van der Waals surface area contributed by atoms with Crippen LogP contribution in [0.15, 0.2) is 57.9 Å². The number of benzene rings is 2. The van der Waals surface area contributed by atoms with E-state index >= 15 is 0 Å². The molecule has 0 fully saturated rings. The van der Waals surface area contributed by atoms with Gasteiger partial charge in [0.2, 0.25) is 0 Å². The van der Waals surface area contributed by atoms with Crippen LogP contribution >= 0.6 is 11.8 Å². The molecule has 0 saturated carbocycles. The second-order valence-electron chi connectivity index (χ2n) is 6.55. The number of anilines is 1. The maximum atomic E-state index is 12.5. The molecule has 0 saturated heterocycles. The Morgan fingerprint density at radius 3 is 2.67 bits per heavy atom. The van der Waals surface area contributed by atoms with Crippen LogP contribution in [-0.4, -0.2) is 30.7 Å². The van der Waals surface area contributed by atoms with Crippen LogP contribution in [0.25, 0.3) is 0 Å². The Kier molecular flexibility index (Phi) is 7.13. The van der Waals surface area contributed by atoms with Crippen LogP contribution in [0.2, 0.25) is 0 Å². The Morgan fingerprint density at radius 2 is 1.93 bits per heavy atom. The van der Waals surface area contributed by atoms with E-state index in [1.54, 1.807) is 24.3 Å². The fraction of sp³-hybridized carbons (Fsp3) is 0.227. The van der Waals surface area contributed by atoms with Gasteiger partial charge in [0.1, 0.15) is 11.5 Å². The Labute approximate surface area is 178 Å². The number of hydrogen-bond acceptors (Lipinski definition) is 7. The van der Waals surface area contributed by atoms with Gasteiger partial charge in [0, 0.05) is 11.0 Å². The Bertz CT molecular complexity index is 1050. The summed E-state index contributed by atoms with van der Waals surface area (Å²) in [5.74, 6) is 0.753. The Morgan fingerprint density at radius 1 is 1.13 bits per heavy atom. The van der Waals surface area contributed by atoms with Crippen LogP contribution in [0.5, 0.6) is 5.75 Å². The lowest BCUT2D eigenvalue weighted by Crippen LogP contribution is -2.21. The zero-order valence-corrected chi connectivity index (χ0v) is 17.7. The molecule has 0 aliphatic rings. The standard InChI is InChI=1S/C22H22N2O5S/c1-14-8-9-19(27-3)18(10-14)23-21(25)12-28-22(26)17-6-4-5-7-20(17)30-13-16-11-15(2)24-29-16/h4-11H,12-13H2,1-3H3,(H,23,25). The predicted molar refractivity (Wildman–Crippen MR) is 114 cm³/mol. The molecule has 0 aliphatic carbocycles. The number of nitrogens with zero attached hydrogens (tertiary/aromatic N) is 1.